The lowest BCUT2D eigenvalue weighted by Gasteiger charge is -2.28. The molecule has 3 nitrogen and oxygen atoms in total. The molecule has 104 valence electrons. The molecule has 0 aromatic rings. The molecule has 0 aromatic carbocycles. The van der Waals surface area contributed by atoms with Gasteiger partial charge in [-0.3, -0.25) is 5.32 Å². The van der Waals surface area contributed by atoms with E-state index in [1.54, 1.807) is 0 Å². The molecule has 1 fully saturated rings. The van der Waals surface area contributed by atoms with Crippen molar-refractivity contribution < 1.29 is 0 Å². The molecule has 18 heavy (non-hydrogen) atoms. The summed E-state index contributed by atoms with van der Waals surface area (Å²) in [5, 5.41) is 12.7. The molecule has 1 saturated carbocycles. The Balaban J connectivity index is 2.28. The Labute approximate surface area is 113 Å². The second kappa shape index (κ2) is 7.11. The first-order valence-corrected chi connectivity index (χ1v) is 7.36. The summed E-state index contributed by atoms with van der Waals surface area (Å²) in [7, 11) is 2.23. The Morgan fingerprint density at radius 3 is 2.50 bits per heavy atom. The predicted octanol–water partition coefficient (Wildman–Crippen LogP) is 2.92. The van der Waals surface area contributed by atoms with Gasteiger partial charge < -0.3 is 4.90 Å². The first-order chi connectivity index (χ1) is 8.47. The number of hydrogen-bond acceptors (Lipinski definition) is 3. The average molecular weight is 251 g/mol. The molecule has 1 rings (SSSR count). The number of rotatable bonds is 7. The summed E-state index contributed by atoms with van der Waals surface area (Å²) >= 11 is 0. The van der Waals surface area contributed by atoms with Gasteiger partial charge in [0.1, 0.15) is 5.54 Å². The Hall–Kier alpha value is -0.590. The normalized spacial score (nSPS) is 20.3. The van der Waals surface area contributed by atoms with Crippen molar-refractivity contribution in [3.63, 3.8) is 0 Å². The lowest BCUT2D eigenvalue weighted by Crippen LogP contribution is -2.45. The largest absolute Gasteiger partial charge is 0.303 e. The first kappa shape index (κ1) is 15.5. The van der Waals surface area contributed by atoms with Crippen LogP contribution < -0.4 is 5.32 Å². The molecular weight excluding hydrogens is 222 g/mol. The molecule has 0 aromatic heterocycles. The summed E-state index contributed by atoms with van der Waals surface area (Å²) in [6.07, 6.45) is 7.52. The van der Waals surface area contributed by atoms with Crippen LogP contribution in [0.3, 0.4) is 0 Å². The summed E-state index contributed by atoms with van der Waals surface area (Å²) in [5.74, 6) is 0. The average Bonchev–Trinajstić information content (AvgIpc) is 2.81. The van der Waals surface area contributed by atoms with Crippen LogP contribution in [0.5, 0.6) is 0 Å². The van der Waals surface area contributed by atoms with E-state index in [-0.39, 0.29) is 5.54 Å². The SMILES string of the molecule is CC(C)NC(C)(C#N)CCCN(C)C1CCCC1. The molecule has 1 atom stereocenters. The zero-order valence-corrected chi connectivity index (χ0v) is 12.5. The van der Waals surface area contributed by atoms with Crippen LogP contribution in [0.15, 0.2) is 0 Å². The third kappa shape index (κ3) is 4.96. The predicted molar refractivity (Wildman–Crippen MR) is 76.4 cm³/mol. The first-order valence-electron chi connectivity index (χ1n) is 7.36. The number of nitrogens with zero attached hydrogens (tertiary/aromatic N) is 2. The van der Waals surface area contributed by atoms with Crippen LogP contribution in [-0.2, 0) is 0 Å². The minimum absolute atomic E-state index is 0.363. The van der Waals surface area contributed by atoms with E-state index in [0.717, 1.165) is 25.4 Å². The molecule has 0 saturated heterocycles. The summed E-state index contributed by atoms with van der Waals surface area (Å²) < 4.78 is 0. The fourth-order valence-corrected chi connectivity index (χ4v) is 3.01. The molecule has 1 unspecified atom stereocenters. The summed E-state index contributed by atoms with van der Waals surface area (Å²) in [6, 6.07) is 3.57. The van der Waals surface area contributed by atoms with Gasteiger partial charge in [-0.15, -0.1) is 0 Å². The van der Waals surface area contributed by atoms with Crippen LogP contribution in [0.4, 0.5) is 0 Å². The summed E-state index contributed by atoms with van der Waals surface area (Å²) in [6.45, 7) is 7.32. The third-order valence-electron chi connectivity index (χ3n) is 3.99. The minimum Gasteiger partial charge on any atom is -0.303 e. The minimum atomic E-state index is -0.370. The van der Waals surface area contributed by atoms with Gasteiger partial charge in [0.2, 0.25) is 0 Å². The van der Waals surface area contributed by atoms with Crippen LogP contribution in [0.1, 0.15) is 59.3 Å². The van der Waals surface area contributed by atoms with E-state index in [1.807, 2.05) is 6.92 Å². The standard InChI is InChI=1S/C15H29N3/c1-13(2)17-15(3,12-16)10-7-11-18(4)14-8-5-6-9-14/h13-14,17H,5-11H2,1-4H3. The maximum Gasteiger partial charge on any atom is 0.104 e. The van der Waals surface area contributed by atoms with E-state index in [2.05, 4.69) is 37.2 Å². The van der Waals surface area contributed by atoms with E-state index in [0.29, 0.717) is 6.04 Å². The lowest BCUT2D eigenvalue weighted by molar-refractivity contribution is 0.231. The van der Waals surface area contributed by atoms with Gasteiger partial charge in [-0.25, -0.2) is 0 Å². The molecule has 3 heteroatoms. The number of nitriles is 1. The highest BCUT2D eigenvalue weighted by Crippen LogP contribution is 2.23. The van der Waals surface area contributed by atoms with Gasteiger partial charge in [-0.05, 0) is 60.0 Å². The van der Waals surface area contributed by atoms with E-state index in [4.69, 9.17) is 0 Å². The van der Waals surface area contributed by atoms with Crippen LogP contribution in [0.2, 0.25) is 0 Å². The molecule has 0 bridgehead atoms. The zero-order chi connectivity index (χ0) is 13.6. The molecule has 0 spiro atoms. The van der Waals surface area contributed by atoms with Gasteiger partial charge in [-0.2, -0.15) is 5.26 Å². The Morgan fingerprint density at radius 1 is 1.39 bits per heavy atom. The van der Waals surface area contributed by atoms with E-state index in [9.17, 15) is 5.26 Å². The van der Waals surface area contributed by atoms with Crippen molar-refractivity contribution >= 4 is 0 Å². The highest BCUT2D eigenvalue weighted by Gasteiger charge is 2.25. The highest BCUT2D eigenvalue weighted by atomic mass is 15.1. The molecule has 1 aliphatic carbocycles. The highest BCUT2D eigenvalue weighted by molar-refractivity contribution is 5.04. The Bertz CT molecular complexity index is 276. The monoisotopic (exact) mass is 251 g/mol. The second-order valence-corrected chi connectivity index (χ2v) is 6.27. The summed E-state index contributed by atoms with van der Waals surface area (Å²) in [5.41, 5.74) is -0.370. The van der Waals surface area contributed by atoms with Crippen molar-refractivity contribution in [1.29, 1.82) is 5.26 Å². The molecule has 1 N–H and O–H groups in total. The fourth-order valence-electron chi connectivity index (χ4n) is 3.01. The number of hydrogen-bond donors (Lipinski definition) is 1. The molecule has 1 aliphatic rings. The third-order valence-corrected chi connectivity index (χ3v) is 3.99. The Morgan fingerprint density at radius 2 is 2.00 bits per heavy atom. The van der Waals surface area contributed by atoms with E-state index in [1.165, 1.54) is 25.7 Å². The Kier molecular flexibility index (Phi) is 6.11. The van der Waals surface area contributed by atoms with Crippen molar-refractivity contribution in [2.75, 3.05) is 13.6 Å². The van der Waals surface area contributed by atoms with Crippen molar-refractivity contribution in [2.45, 2.75) is 76.9 Å². The topological polar surface area (TPSA) is 39.1 Å². The molecule has 0 radical (unpaired) electrons. The van der Waals surface area contributed by atoms with Crippen LogP contribution in [-0.4, -0.2) is 36.1 Å². The van der Waals surface area contributed by atoms with Gasteiger partial charge in [0.25, 0.3) is 0 Å². The van der Waals surface area contributed by atoms with Crippen LogP contribution >= 0.6 is 0 Å². The molecule has 0 aliphatic heterocycles. The molecule has 0 heterocycles. The van der Waals surface area contributed by atoms with E-state index < -0.39 is 0 Å². The van der Waals surface area contributed by atoms with Crippen molar-refractivity contribution in [3.05, 3.63) is 0 Å². The quantitative estimate of drug-likeness (QED) is 0.756. The van der Waals surface area contributed by atoms with Crippen molar-refractivity contribution in [3.8, 4) is 6.07 Å². The smallest absolute Gasteiger partial charge is 0.104 e. The fraction of sp³-hybridized carbons (Fsp3) is 0.933. The van der Waals surface area contributed by atoms with Gasteiger partial charge >= 0.3 is 0 Å². The van der Waals surface area contributed by atoms with Crippen molar-refractivity contribution in [1.82, 2.24) is 10.2 Å². The van der Waals surface area contributed by atoms with E-state index >= 15 is 0 Å². The molecule has 0 amide bonds. The maximum absolute atomic E-state index is 9.28. The second-order valence-electron chi connectivity index (χ2n) is 6.27. The number of nitrogens with one attached hydrogen (secondary N) is 1. The lowest BCUT2D eigenvalue weighted by atomic mass is 9.96. The van der Waals surface area contributed by atoms with Gasteiger partial charge in [0.05, 0.1) is 6.07 Å². The molecular formula is C15H29N3. The zero-order valence-electron chi connectivity index (χ0n) is 12.5. The van der Waals surface area contributed by atoms with Crippen molar-refractivity contribution in [2.24, 2.45) is 0 Å². The van der Waals surface area contributed by atoms with Crippen LogP contribution in [0, 0.1) is 11.3 Å². The van der Waals surface area contributed by atoms with Crippen LogP contribution in [0.25, 0.3) is 0 Å². The van der Waals surface area contributed by atoms with Gasteiger partial charge in [0, 0.05) is 12.1 Å². The van der Waals surface area contributed by atoms with Gasteiger partial charge in [0.15, 0.2) is 0 Å². The van der Waals surface area contributed by atoms with Gasteiger partial charge in [-0.1, -0.05) is 12.8 Å². The maximum atomic E-state index is 9.28. The summed E-state index contributed by atoms with van der Waals surface area (Å²) in [4.78, 5) is 2.49.